The molecule has 4 aromatic rings. The number of benzene rings is 2. The molecule has 13 nitrogen and oxygen atoms in total. The minimum atomic E-state index is -0.488. The number of fused-ring (bicyclic) bond motifs is 1. The van der Waals surface area contributed by atoms with Crippen LogP contribution in [-0.2, 0) is 9.47 Å². The third-order valence-electron chi connectivity index (χ3n) is 7.15. The lowest BCUT2D eigenvalue weighted by Crippen LogP contribution is -2.35. The maximum absolute atomic E-state index is 14.1. The van der Waals surface area contributed by atoms with Crippen molar-refractivity contribution >= 4 is 45.9 Å². The molecule has 4 N–H and O–H groups in total. The number of ether oxygens (including phenoxy) is 2. The lowest BCUT2D eigenvalue weighted by atomic mass is 10.1. The van der Waals surface area contributed by atoms with E-state index in [1.807, 2.05) is 4.90 Å². The number of amides is 2. The molecule has 1 atom stereocenters. The zero-order chi connectivity index (χ0) is 29.2. The van der Waals surface area contributed by atoms with Crippen LogP contribution >= 0.6 is 11.6 Å². The number of hydrogen-bond donors (Lipinski definition) is 3. The van der Waals surface area contributed by atoms with Gasteiger partial charge in [0.1, 0.15) is 29.6 Å². The number of nitrogens with one attached hydrogen (secondary N) is 2. The maximum atomic E-state index is 14.1. The highest BCUT2D eigenvalue weighted by Gasteiger charge is 2.34. The van der Waals surface area contributed by atoms with Crippen molar-refractivity contribution in [2.45, 2.75) is 25.2 Å². The summed E-state index contributed by atoms with van der Waals surface area (Å²) >= 11 is 6.49. The predicted molar refractivity (Wildman–Crippen MR) is 156 cm³/mol. The van der Waals surface area contributed by atoms with Gasteiger partial charge in [0.05, 0.1) is 47.4 Å². The summed E-state index contributed by atoms with van der Waals surface area (Å²) in [6.45, 7) is 1.73. The average molecular weight is 588 g/mol. The Balaban J connectivity index is 1.42. The smallest absolute Gasteiger partial charge is 0.319 e. The van der Waals surface area contributed by atoms with Crippen molar-refractivity contribution < 1.29 is 14.3 Å². The van der Waals surface area contributed by atoms with Crippen LogP contribution < -0.4 is 26.8 Å². The first kappa shape index (κ1) is 27.4. The predicted octanol–water partition coefficient (Wildman–Crippen LogP) is 3.12. The van der Waals surface area contributed by atoms with Crippen LogP contribution in [0.3, 0.4) is 0 Å². The van der Waals surface area contributed by atoms with Gasteiger partial charge < -0.3 is 30.7 Å². The molecule has 2 saturated heterocycles. The number of anilines is 3. The SMILES string of the molecule is N#Cc1c(N)ncnc1N1CCCC1c1nc2cccc(Cl)c2c(=O)n1-c1cccc(NC(=O)NCC2OCCO2)c1. The monoisotopic (exact) mass is 587 g/mol. The Morgan fingerprint density at radius 3 is 2.81 bits per heavy atom. The highest BCUT2D eigenvalue weighted by atomic mass is 35.5. The van der Waals surface area contributed by atoms with Crippen molar-refractivity contribution in [3.8, 4) is 11.8 Å². The van der Waals surface area contributed by atoms with Crippen molar-refractivity contribution in [2.24, 2.45) is 0 Å². The quantitative estimate of drug-likeness (QED) is 0.304. The lowest BCUT2D eigenvalue weighted by Gasteiger charge is -2.28. The summed E-state index contributed by atoms with van der Waals surface area (Å²) in [5.41, 5.74) is 7.15. The van der Waals surface area contributed by atoms with E-state index in [-0.39, 0.29) is 33.9 Å². The molecule has 2 aromatic carbocycles. The Morgan fingerprint density at radius 1 is 1.19 bits per heavy atom. The van der Waals surface area contributed by atoms with E-state index < -0.39 is 18.4 Å². The highest BCUT2D eigenvalue weighted by molar-refractivity contribution is 6.35. The van der Waals surface area contributed by atoms with Crippen LogP contribution in [0.1, 0.15) is 30.3 Å². The van der Waals surface area contributed by atoms with Crippen molar-refractivity contribution in [1.82, 2.24) is 24.8 Å². The fourth-order valence-corrected chi connectivity index (χ4v) is 5.53. The van der Waals surface area contributed by atoms with Crippen molar-refractivity contribution in [1.29, 1.82) is 5.26 Å². The van der Waals surface area contributed by atoms with E-state index in [9.17, 15) is 14.9 Å². The summed E-state index contributed by atoms with van der Waals surface area (Å²) in [5.74, 6) is 0.888. The van der Waals surface area contributed by atoms with E-state index in [0.29, 0.717) is 54.7 Å². The minimum absolute atomic E-state index is 0.0758. The van der Waals surface area contributed by atoms with E-state index in [0.717, 1.165) is 6.42 Å². The van der Waals surface area contributed by atoms with Gasteiger partial charge in [-0.15, -0.1) is 0 Å². The summed E-state index contributed by atoms with van der Waals surface area (Å²) in [5, 5.41) is 15.8. The number of rotatable bonds is 6. The fourth-order valence-electron chi connectivity index (χ4n) is 5.28. The summed E-state index contributed by atoms with van der Waals surface area (Å²) in [6, 6.07) is 13.2. The van der Waals surface area contributed by atoms with Gasteiger partial charge >= 0.3 is 6.03 Å². The number of hydrogen-bond acceptors (Lipinski definition) is 10. The standard InChI is InChI=1S/C28H26ClN9O4/c29-19-6-2-7-20-23(19)27(39)38(17-5-1-4-16(12-17)35-28(40)32-14-22-41-10-11-42-22)26(36-20)21-8-3-9-37(21)25-18(13-30)24(31)33-15-34-25/h1-2,4-7,12,15,21-22H,3,8-11,14H2,(H2,31,33,34)(H2,32,35,40). The molecule has 0 saturated carbocycles. The van der Waals surface area contributed by atoms with Crippen LogP contribution in [-0.4, -0.2) is 58.1 Å². The Bertz CT molecular complexity index is 1770. The number of nitrogen functional groups attached to an aromatic ring is 1. The van der Waals surface area contributed by atoms with Gasteiger partial charge in [0, 0.05) is 12.2 Å². The van der Waals surface area contributed by atoms with Crippen LogP contribution in [0.2, 0.25) is 5.02 Å². The van der Waals surface area contributed by atoms with Crippen LogP contribution in [0.15, 0.2) is 53.6 Å². The molecule has 2 aromatic heterocycles. The van der Waals surface area contributed by atoms with E-state index in [1.54, 1.807) is 42.5 Å². The number of aromatic nitrogens is 4. The Morgan fingerprint density at radius 2 is 2.00 bits per heavy atom. The van der Waals surface area contributed by atoms with Gasteiger partial charge in [-0.05, 0) is 43.2 Å². The number of carbonyl (C=O) groups is 1. The molecule has 14 heteroatoms. The normalized spacial score (nSPS) is 17.0. The first-order chi connectivity index (χ1) is 20.4. The lowest BCUT2D eigenvalue weighted by molar-refractivity contribution is -0.0369. The number of halogens is 1. The van der Waals surface area contributed by atoms with Crippen molar-refractivity contribution in [2.75, 3.05) is 42.3 Å². The molecular formula is C28H26ClN9O4. The molecule has 0 radical (unpaired) electrons. The third kappa shape index (κ3) is 5.18. The van der Waals surface area contributed by atoms with Crippen LogP contribution in [0.4, 0.5) is 22.1 Å². The van der Waals surface area contributed by atoms with Gasteiger partial charge in [0.2, 0.25) is 0 Å². The molecular weight excluding hydrogens is 562 g/mol. The number of nitrogens with two attached hydrogens (primary N) is 1. The first-order valence-electron chi connectivity index (χ1n) is 13.3. The highest BCUT2D eigenvalue weighted by Crippen LogP contribution is 2.38. The summed E-state index contributed by atoms with van der Waals surface area (Å²) in [7, 11) is 0. The molecule has 2 aliphatic rings. The largest absolute Gasteiger partial charge is 0.382 e. The molecule has 2 fully saturated rings. The number of nitriles is 1. The fraction of sp³-hybridized carbons (Fsp3) is 0.286. The molecule has 4 heterocycles. The molecule has 0 bridgehead atoms. The second-order valence-corrected chi connectivity index (χ2v) is 10.1. The van der Waals surface area contributed by atoms with Crippen molar-refractivity contribution in [3.63, 3.8) is 0 Å². The van der Waals surface area contributed by atoms with E-state index in [1.165, 1.54) is 10.9 Å². The summed E-state index contributed by atoms with van der Waals surface area (Å²) < 4.78 is 12.2. The molecule has 6 rings (SSSR count). The van der Waals surface area contributed by atoms with Gasteiger partial charge in [-0.2, -0.15) is 5.26 Å². The van der Waals surface area contributed by atoms with Crippen LogP contribution in [0.25, 0.3) is 16.6 Å². The molecule has 2 amide bonds. The van der Waals surface area contributed by atoms with Gasteiger partial charge in [-0.3, -0.25) is 9.36 Å². The average Bonchev–Trinajstić information content (AvgIpc) is 3.69. The molecule has 1 unspecified atom stereocenters. The Kier molecular flexibility index (Phi) is 7.58. The zero-order valence-corrected chi connectivity index (χ0v) is 23.0. The van der Waals surface area contributed by atoms with Gasteiger partial charge in [0.25, 0.3) is 5.56 Å². The minimum Gasteiger partial charge on any atom is -0.382 e. The van der Waals surface area contributed by atoms with Gasteiger partial charge in [-0.1, -0.05) is 23.7 Å². The molecule has 42 heavy (non-hydrogen) atoms. The number of urea groups is 1. The number of nitrogens with zero attached hydrogens (tertiary/aromatic N) is 6. The zero-order valence-electron chi connectivity index (χ0n) is 22.3. The van der Waals surface area contributed by atoms with Gasteiger partial charge in [-0.25, -0.2) is 19.7 Å². The second kappa shape index (κ2) is 11.6. The second-order valence-electron chi connectivity index (χ2n) is 9.72. The molecule has 214 valence electrons. The number of carbonyl (C=O) groups excluding carboxylic acids is 1. The van der Waals surface area contributed by atoms with E-state index >= 15 is 0 Å². The van der Waals surface area contributed by atoms with E-state index in [2.05, 4.69) is 26.7 Å². The molecule has 0 aliphatic carbocycles. The summed E-state index contributed by atoms with van der Waals surface area (Å²) in [4.78, 5) is 41.9. The third-order valence-corrected chi connectivity index (χ3v) is 7.46. The van der Waals surface area contributed by atoms with Crippen LogP contribution in [0, 0.1) is 11.3 Å². The van der Waals surface area contributed by atoms with E-state index in [4.69, 9.17) is 31.8 Å². The topological polar surface area (TPSA) is 173 Å². The van der Waals surface area contributed by atoms with Gasteiger partial charge in [0.15, 0.2) is 12.1 Å². The first-order valence-corrected chi connectivity index (χ1v) is 13.7. The Hall–Kier alpha value is -4.77. The van der Waals surface area contributed by atoms with Crippen LogP contribution in [0.5, 0.6) is 0 Å². The maximum Gasteiger partial charge on any atom is 0.319 e. The summed E-state index contributed by atoms with van der Waals surface area (Å²) in [6.07, 6.45) is 2.22. The molecule has 0 spiro atoms. The molecule has 2 aliphatic heterocycles. The Labute approximate surface area is 244 Å². The van der Waals surface area contributed by atoms with Crippen molar-refractivity contribution in [3.05, 3.63) is 75.6 Å².